The molecule has 2 aromatic rings. The van der Waals surface area contributed by atoms with Crippen molar-refractivity contribution in [3.8, 4) is 17.6 Å². The van der Waals surface area contributed by atoms with Gasteiger partial charge in [-0.1, -0.05) is 12.1 Å². The number of hydrogen-bond acceptors (Lipinski definition) is 3. The first kappa shape index (κ1) is 12.5. The van der Waals surface area contributed by atoms with Crippen molar-refractivity contribution in [3.05, 3.63) is 59.7 Å². The first-order valence-electron chi connectivity index (χ1n) is 5.69. The van der Waals surface area contributed by atoms with Crippen LogP contribution >= 0.6 is 12.6 Å². The third-order valence-corrected chi connectivity index (χ3v) is 2.74. The molecule has 2 nitrogen and oxygen atoms in total. The molecule has 0 saturated carbocycles. The molecule has 0 radical (unpaired) electrons. The van der Waals surface area contributed by atoms with E-state index in [1.165, 1.54) is 5.56 Å². The van der Waals surface area contributed by atoms with Gasteiger partial charge in [0.1, 0.15) is 11.5 Å². The van der Waals surface area contributed by atoms with Crippen molar-refractivity contribution < 1.29 is 4.74 Å². The molecular weight excluding hydrogens is 242 g/mol. The number of thiol groups is 1. The topological polar surface area (TPSA) is 33.0 Å². The van der Waals surface area contributed by atoms with Gasteiger partial charge >= 0.3 is 0 Å². The molecule has 0 aliphatic heterocycles. The predicted molar refractivity (Wildman–Crippen MR) is 75.2 cm³/mol. The number of benzene rings is 2. The summed E-state index contributed by atoms with van der Waals surface area (Å²) in [5, 5.41) is 8.72. The Morgan fingerprint density at radius 2 is 1.83 bits per heavy atom. The minimum atomic E-state index is 0.631. The van der Waals surface area contributed by atoms with Crippen LogP contribution in [0.15, 0.2) is 48.5 Å². The predicted octanol–water partition coefficient (Wildman–Crippen LogP) is 3.82. The fourth-order valence-electron chi connectivity index (χ4n) is 1.63. The zero-order valence-electron chi connectivity index (χ0n) is 9.84. The molecule has 0 bridgehead atoms. The fraction of sp³-hybridized carbons (Fsp3) is 0.133. The van der Waals surface area contributed by atoms with Crippen LogP contribution in [0.3, 0.4) is 0 Å². The van der Waals surface area contributed by atoms with Crippen molar-refractivity contribution in [2.45, 2.75) is 6.42 Å². The van der Waals surface area contributed by atoms with Gasteiger partial charge in [0.2, 0.25) is 0 Å². The van der Waals surface area contributed by atoms with Crippen LogP contribution in [0.5, 0.6) is 11.5 Å². The zero-order valence-corrected chi connectivity index (χ0v) is 10.7. The molecule has 18 heavy (non-hydrogen) atoms. The first-order chi connectivity index (χ1) is 8.81. The number of ether oxygens (including phenoxy) is 1. The second kappa shape index (κ2) is 6.13. The van der Waals surface area contributed by atoms with E-state index in [4.69, 9.17) is 10.00 Å². The Morgan fingerprint density at radius 1 is 1.06 bits per heavy atom. The Hall–Kier alpha value is -1.92. The quantitative estimate of drug-likeness (QED) is 0.842. The van der Waals surface area contributed by atoms with Crippen LogP contribution < -0.4 is 4.74 Å². The summed E-state index contributed by atoms with van der Waals surface area (Å²) in [5.74, 6) is 2.36. The molecule has 3 heteroatoms. The van der Waals surface area contributed by atoms with Crippen molar-refractivity contribution in [3.63, 3.8) is 0 Å². The lowest BCUT2D eigenvalue weighted by Crippen LogP contribution is -1.89. The van der Waals surface area contributed by atoms with Crippen molar-refractivity contribution >= 4 is 12.6 Å². The summed E-state index contributed by atoms with van der Waals surface area (Å²) in [5.41, 5.74) is 1.84. The van der Waals surface area contributed by atoms with E-state index < -0.39 is 0 Å². The molecule has 0 aliphatic rings. The van der Waals surface area contributed by atoms with Crippen molar-refractivity contribution in [1.29, 1.82) is 5.26 Å². The number of hydrogen-bond donors (Lipinski definition) is 1. The number of nitriles is 1. The SMILES string of the molecule is N#Cc1ccc(Oc2cccc(CCS)c2)cc1. The summed E-state index contributed by atoms with van der Waals surface area (Å²) >= 11 is 4.22. The van der Waals surface area contributed by atoms with Gasteiger partial charge in [0.05, 0.1) is 11.6 Å². The minimum Gasteiger partial charge on any atom is -0.457 e. The maximum atomic E-state index is 8.72. The van der Waals surface area contributed by atoms with Gasteiger partial charge in [-0.2, -0.15) is 17.9 Å². The van der Waals surface area contributed by atoms with Crippen LogP contribution in [0.1, 0.15) is 11.1 Å². The lowest BCUT2D eigenvalue weighted by atomic mass is 10.1. The van der Waals surface area contributed by atoms with E-state index in [1.807, 2.05) is 18.2 Å². The monoisotopic (exact) mass is 255 g/mol. The Morgan fingerprint density at radius 3 is 2.50 bits per heavy atom. The summed E-state index contributed by atoms with van der Waals surface area (Å²) in [4.78, 5) is 0. The fourth-order valence-corrected chi connectivity index (χ4v) is 1.89. The summed E-state index contributed by atoms with van der Waals surface area (Å²) in [6, 6.07) is 17.1. The highest BCUT2D eigenvalue weighted by molar-refractivity contribution is 7.80. The van der Waals surface area contributed by atoms with Gasteiger partial charge in [-0.3, -0.25) is 0 Å². The van der Waals surface area contributed by atoms with Gasteiger partial charge in [0.25, 0.3) is 0 Å². The van der Waals surface area contributed by atoms with Crippen molar-refractivity contribution in [2.24, 2.45) is 0 Å². The molecule has 0 aliphatic carbocycles. The van der Waals surface area contributed by atoms with Gasteiger partial charge in [-0.25, -0.2) is 0 Å². The van der Waals surface area contributed by atoms with Crippen molar-refractivity contribution in [2.75, 3.05) is 5.75 Å². The minimum absolute atomic E-state index is 0.631. The lowest BCUT2D eigenvalue weighted by Gasteiger charge is -2.07. The smallest absolute Gasteiger partial charge is 0.127 e. The largest absolute Gasteiger partial charge is 0.457 e. The molecule has 0 amide bonds. The van der Waals surface area contributed by atoms with Gasteiger partial charge in [0, 0.05) is 0 Å². The third kappa shape index (κ3) is 3.28. The highest BCUT2D eigenvalue weighted by Crippen LogP contribution is 2.22. The summed E-state index contributed by atoms with van der Waals surface area (Å²) in [6.45, 7) is 0. The normalized spacial score (nSPS) is 9.78. The van der Waals surface area contributed by atoms with E-state index in [-0.39, 0.29) is 0 Å². The zero-order chi connectivity index (χ0) is 12.8. The average Bonchev–Trinajstić information content (AvgIpc) is 2.40. The maximum absolute atomic E-state index is 8.72. The van der Waals surface area contributed by atoms with Crippen LogP contribution in [0.25, 0.3) is 0 Å². The molecule has 0 N–H and O–H groups in total. The molecule has 0 unspecified atom stereocenters. The Kier molecular flexibility index (Phi) is 4.27. The molecule has 0 atom stereocenters. The first-order valence-corrected chi connectivity index (χ1v) is 6.33. The molecule has 0 heterocycles. The second-order valence-corrected chi connectivity index (χ2v) is 4.31. The molecule has 2 rings (SSSR count). The van der Waals surface area contributed by atoms with Gasteiger partial charge in [-0.15, -0.1) is 0 Å². The van der Waals surface area contributed by atoms with E-state index in [9.17, 15) is 0 Å². The van der Waals surface area contributed by atoms with Crippen LogP contribution in [-0.2, 0) is 6.42 Å². The van der Waals surface area contributed by atoms with E-state index in [0.717, 1.165) is 23.7 Å². The van der Waals surface area contributed by atoms with E-state index in [2.05, 4.69) is 24.8 Å². The van der Waals surface area contributed by atoms with Gasteiger partial charge in [-0.05, 0) is 54.1 Å². The van der Waals surface area contributed by atoms with Crippen LogP contribution in [0.2, 0.25) is 0 Å². The molecule has 0 aromatic heterocycles. The van der Waals surface area contributed by atoms with E-state index in [0.29, 0.717) is 5.56 Å². The Labute approximate surface area is 112 Å². The molecule has 0 spiro atoms. The summed E-state index contributed by atoms with van der Waals surface area (Å²) < 4.78 is 5.73. The third-order valence-electron chi connectivity index (χ3n) is 2.52. The average molecular weight is 255 g/mol. The number of rotatable bonds is 4. The van der Waals surface area contributed by atoms with Crippen LogP contribution in [0, 0.1) is 11.3 Å². The van der Waals surface area contributed by atoms with Crippen LogP contribution in [0.4, 0.5) is 0 Å². The molecule has 90 valence electrons. The maximum Gasteiger partial charge on any atom is 0.127 e. The second-order valence-electron chi connectivity index (χ2n) is 3.86. The number of aryl methyl sites for hydroxylation is 1. The lowest BCUT2D eigenvalue weighted by molar-refractivity contribution is 0.482. The summed E-state index contributed by atoms with van der Waals surface area (Å²) in [6.07, 6.45) is 0.924. The molecule has 0 fully saturated rings. The molecule has 2 aromatic carbocycles. The van der Waals surface area contributed by atoms with Crippen molar-refractivity contribution in [1.82, 2.24) is 0 Å². The van der Waals surface area contributed by atoms with E-state index >= 15 is 0 Å². The standard InChI is InChI=1S/C15H13NOS/c16-11-13-4-6-14(7-5-13)17-15-3-1-2-12(10-15)8-9-18/h1-7,10,18H,8-9H2. The Bertz CT molecular complexity index is 557. The highest BCUT2D eigenvalue weighted by Gasteiger charge is 1.99. The van der Waals surface area contributed by atoms with Gasteiger partial charge < -0.3 is 4.74 Å². The summed E-state index contributed by atoms with van der Waals surface area (Å²) in [7, 11) is 0. The van der Waals surface area contributed by atoms with Crippen LogP contribution in [-0.4, -0.2) is 5.75 Å². The number of nitrogens with zero attached hydrogens (tertiary/aromatic N) is 1. The highest BCUT2D eigenvalue weighted by atomic mass is 32.1. The molecule has 0 saturated heterocycles. The van der Waals surface area contributed by atoms with Gasteiger partial charge in [0.15, 0.2) is 0 Å². The molecular formula is C15H13NOS. The Balaban J connectivity index is 2.12. The van der Waals surface area contributed by atoms with E-state index in [1.54, 1.807) is 24.3 Å².